The lowest BCUT2D eigenvalue weighted by atomic mass is 10.3. The Balaban J connectivity index is 2.28. The Kier molecular flexibility index (Phi) is 4.29. The summed E-state index contributed by atoms with van der Waals surface area (Å²) >= 11 is 4.76. The summed E-state index contributed by atoms with van der Waals surface area (Å²) in [4.78, 5) is 1.05. The van der Waals surface area contributed by atoms with Crippen LogP contribution in [0.3, 0.4) is 0 Å². The number of rotatable bonds is 4. The lowest BCUT2D eigenvalue weighted by Crippen LogP contribution is -2.27. The predicted molar refractivity (Wildman–Crippen MR) is 81.6 cm³/mol. The average molecular weight is 361 g/mol. The normalized spacial score (nSPS) is 13.4. The van der Waals surface area contributed by atoms with E-state index in [1.54, 1.807) is 19.1 Å². The number of nitrogens with two attached hydrogens (primary N) is 1. The number of nitrogens with one attached hydrogen (secondary N) is 1. The minimum absolute atomic E-state index is 0.0964. The highest BCUT2D eigenvalue weighted by Gasteiger charge is 2.21. The summed E-state index contributed by atoms with van der Waals surface area (Å²) in [5.74, 6) is 0. The molecular formula is C12H13BrN2O2S2. The Hall–Kier alpha value is -0.890. The zero-order valence-corrected chi connectivity index (χ0v) is 13.3. The van der Waals surface area contributed by atoms with Gasteiger partial charge in [-0.1, -0.05) is 22.0 Å². The van der Waals surface area contributed by atoms with Crippen LogP contribution in [-0.4, -0.2) is 8.42 Å². The van der Waals surface area contributed by atoms with Crippen molar-refractivity contribution in [1.82, 2.24) is 4.72 Å². The first-order chi connectivity index (χ1) is 8.90. The van der Waals surface area contributed by atoms with E-state index < -0.39 is 10.0 Å². The molecule has 19 heavy (non-hydrogen) atoms. The van der Waals surface area contributed by atoms with Crippen LogP contribution in [-0.2, 0) is 10.0 Å². The summed E-state index contributed by atoms with van der Waals surface area (Å²) in [5, 5.41) is 1.91. The molecule has 0 aliphatic heterocycles. The Morgan fingerprint density at radius 2 is 2.11 bits per heavy atom. The fourth-order valence-corrected chi connectivity index (χ4v) is 4.18. The van der Waals surface area contributed by atoms with Crippen LogP contribution in [0.25, 0.3) is 0 Å². The van der Waals surface area contributed by atoms with E-state index in [9.17, 15) is 8.42 Å². The third kappa shape index (κ3) is 3.36. The van der Waals surface area contributed by atoms with E-state index in [2.05, 4.69) is 20.7 Å². The van der Waals surface area contributed by atoms with Gasteiger partial charge in [-0.15, -0.1) is 11.3 Å². The summed E-state index contributed by atoms with van der Waals surface area (Å²) in [6, 6.07) is 8.21. The van der Waals surface area contributed by atoms with Crippen LogP contribution >= 0.6 is 27.3 Å². The molecule has 1 aromatic heterocycles. The zero-order chi connectivity index (χ0) is 14.0. The van der Waals surface area contributed by atoms with Crippen molar-refractivity contribution in [3.8, 4) is 0 Å². The number of thiophene rings is 1. The second-order valence-electron chi connectivity index (χ2n) is 4.04. The van der Waals surface area contributed by atoms with Gasteiger partial charge in [-0.2, -0.15) is 0 Å². The molecule has 1 unspecified atom stereocenters. The van der Waals surface area contributed by atoms with Gasteiger partial charge in [0.25, 0.3) is 0 Å². The summed E-state index contributed by atoms with van der Waals surface area (Å²) < 4.78 is 27.9. The lowest BCUT2D eigenvalue weighted by Gasteiger charge is -2.14. The number of hydrogen-bond donors (Lipinski definition) is 2. The molecule has 0 spiro atoms. The molecule has 0 amide bonds. The maximum Gasteiger partial charge on any atom is 0.243 e. The number of nitrogen functional groups attached to an aromatic ring is 1. The van der Waals surface area contributed by atoms with Crippen LogP contribution in [0.2, 0.25) is 0 Å². The van der Waals surface area contributed by atoms with Crippen molar-refractivity contribution in [1.29, 1.82) is 0 Å². The van der Waals surface area contributed by atoms with E-state index in [0.29, 0.717) is 0 Å². The lowest BCUT2D eigenvalue weighted by molar-refractivity contribution is 0.569. The number of anilines is 1. The van der Waals surface area contributed by atoms with Crippen LogP contribution in [0.4, 0.5) is 5.69 Å². The third-order valence-corrected chi connectivity index (χ3v) is 5.73. The molecule has 3 N–H and O–H groups in total. The molecule has 0 saturated heterocycles. The molecular weight excluding hydrogens is 348 g/mol. The maximum absolute atomic E-state index is 12.3. The first kappa shape index (κ1) is 14.5. The molecule has 1 heterocycles. The third-order valence-electron chi connectivity index (χ3n) is 2.56. The summed E-state index contributed by atoms with van der Waals surface area (Å²) in [6.07, 6.45) is 0. The Morgan fingerprint density at radius 3 is 2.68 bits per heavy atom. The zero-order valence-electron chi connectivity index (χ0n) is 10.1. The fraction of sp³-hybridized carbons (Fsp3) is 0.167. The largest absolute Gasteiger partial charge is 0.398 e. The van der Waals surface area contributed by atoms with Crippen molar-refractivity contribution < 1.29 is 8.42 Å². The van der Waals surface area contributed by atoms with E-state index in [0.717, 1.165) is 9.35 Å². The predicted octanol–water partition coefficient (Wildman–Crippen LogP) is 3.13. The highest BCUT2D eigenvalue weighted by Crippen LogP contribution is 2.25. The second kappa shape index (κ2) is 5.62. The molecule has 0 radical (unpaired) electrons. The van der Waals surface area contributed by atoms with Gasteiger partial charge in [-0.05, 0) is 36.6 Å². The van der Waals surface area contributed by atoms with Gasteiger partial charge >= 0.3 is 0 Å². The van der Waals surface area contributed by atoms with Gasteiger partial charge in [-0.25, -0.2) is 13.1 Å². The Morgan fingerprint density at radius 1 is 1.37 bits per heavy atom. The monoisotopic (exact) mass is 360 g/mol. The fourth-order valence-electron chi connectivity index (χ4n) is 1.66. The number of halogens is 1. The first-order valence-corrected chi connectivity index (χ1v) is 8.66. The van der Waals surface area contributed by atoms with E-state index in [1.165, 1.54) is 17.4 Å². The van der Waals surface area contributed by atoms with Gasteiger partial charge in [0.2, 0.25) is 10.0 Å². The van der Waals surface area contributed by atoms with Crippen molar-refractivity contribution >= 4 is 43.0 Å². The molecule has 0 bridgehead atoms. The van der Waals surface area contributed by atoms with Gasteiger partial charge in [-0.3, -0.25) is 0 Å². The van der Waals surface area contributed by atoms with Crippen LogP contribution in [0, 0.1) is 0 Å². The highest BCUT2D eigenvalue weighted by molar-refractivity contribution is 9.10. The number of sulfonamides is 1. The SMILES string of the molecule is CC(NS(=O)(=O)c1ccc(Br)cc1N)c1cccs1. The Bertz CT molecular complexity index is 669. The van der Waals surface area contributed by atoms with Gasteiger partial charge in [0.1, 0.15) is 4.90 Å². The molecule has 0 aliphatic rings. The first-order valence-electron chi connectivity index (χ1n) is 5.51. The number of hydrogen-bond acceptors (Lipinski definition) is 4. The molecule has 2 rings (SSSR count). The molecule has 1 atom stereocenters. The summed E-state index contributed by atoms with van der Waals surface area (Å²) in [5.41, 5.74) is 5.98. The van der Waals surface area contributed by atoms with Crippen LogP contribution in [0.5, 0.6) is 0 Å². The van der Waals surface area contributed by atoms with Crippen molar-refractivity contribution in [2.75, 3.05) is 5.73 Å². The molecule has 4 nitrogen and oxygen atoms in total. The highest BCUT2D eigenvalue weighted by atomic mass is 79.9. The molecule has 0 fully saturated rings. The van der Waals surface area contributed by atoms with Crippen LogP contribution in [0.1, 0.15) is 17.8 Å². The average Bonchev–Trinajstić information content (AvgIpc) is 2.80. The topological polar surface area (TPSA) is 72.2 Å². The van der Waals surface area contributed by atoms with E-state index in [4.69, 9.17) is 5.73 Å². The van der Waals surface area contributed by atoms with Gasteiger partial charge in [0.15, 0.2) is 0 Å². The quantitative estimate of drug-likeness (QED) is 0.822. The summed E-state index contributed by atoms with van der Waals surface area (Å²) in [6.45, 7) is 1.80. The molecule has 0 saturated carbocycles. The van der Waals surface area contributed by atoms with E-state index in [-0.39, 0.29) is 16.6 Å². The smallest absolute Gasteiger partial charge is 0.243 e. The second-order valence-corrected chi connectivity index (χ2v) is 7.62. The Labute approximate surface area is 124 Å². The summed E-state index contributed by atoms with van der Waals surface area (Å²) in [7, 11) is -3.62. The molecule has 7 heteroatoms. The standard InChI is InChI=1S/C12H13BrN2O2S2/c1-8(11-3-2-6-18-11)15-19(16,17)12-5-4-9(13)7-10(12)14/h2-8,15H,14H2,1H3. The van der Waals surface area contributed by atoms with Crippen LogP contribution in [0.15, 0.2) is 45.1 Å². The minimum atomic E-state index is -3.62. The van der Waals surface area contributed by atoms with Crippen molar-refractivity contribution in [3.63, 3.8) is 0 Å². The van der Waals surface area contributed by atoms with Crippen molar-refractivity contribution in [2.45, 2.75) is 17.9 Å². The molecule has 2 aromatic rings. The molecule has 102 valence electrons. The number of benzene rings is 1. The van der Waals surface area contributed by atoms with Gasteiger partial charge < -0.3 is 5.73 Å². The molecule has 0 aliphatic carbocycles. The van der Waals surface area contributed by atoms with Crippen molar-refractivity contribution in [2.24, 2.45) is 0 Å². The van der Waals surface area contributed by atoms with Gasteiger partial charge in [0.05, 0.1) is 11.7 Å². The van der Waals surface area contributed by atoms with E-state index in [1.807, 2.05) is 17.5 Å². The van der Waals surface area contributed by atoms with Gasteiger partial charge in [0, 0.05) is 9.35 Å². The van der Waals surface area contributed by atoms with E-state index >= 15 is 0 Å². The van der Waals surface area contributed by atoms with Crippen molar-refractivity contribution in [3.05, 3.63) is 45.1 Å². The molecule has 1 aromatic carbocycles. The maximum atomic E-state index is 12.3. The minimum Gasteiger partial charge on any atom is -0.398 e. The van der Waals surface area contributed by atoms with Crippen LogP contribution < -0.4 is 10.5 Å².